The van der Waals surface area contributed by atoms with Gasteiger partial charge in [-0.1, -0.05) is 13.3 Å². The third-order valence-electron chi connectivity index (χ3n) is 4.00. The third-order valence-corrected chi connectivity index (χ3v) is 5.36. The molecule has 2 aliphatic rings. The maximum Gasteiger partial charge on any atom is 0.327 e. The molecule has 0 bridgehead atoms. The van der Waals surface area contributed by atoms with Gasteiger partial charge in [0.25, 0.3) is 0 Å². The van der Waals surface area contributed by atoms with E-state index >= 15 is 0 Å². The minimum atomic E-state index is -0.916. The van der Waals surface area contributed by atoms with Crippen molar-refractivity contribution in [3.8, 4) is 0 Å². The molecule has 120 valence electrons. The molecule has 2 amide bonds. The summed E-state index contributed by atoms with van der Waals surface area (Å²) in [6, 6.07) is -0.953. The lowest BCUT2D eigenvalue weighted by atomic mass is 10.1. The number of carbonyl (C=O) groups excluding carboxylic acids is 1. The van der Waals surface area contributed by atoms with Gasteiger partial charge in [0.15, 0.2) is 0 Å². The second kappa shape index (κ2) is 7.89. The molecule has 2 heterocycles. The van der Waals surface area contributed by atoms with Crippen molar-refractivity contribution in [2.45, 2.75) is 44.0 Å². The van der Waals surface area contributed by atoms with E-state index in [2.05, 4.69) is 5.32 Å². The molecule has 0 aliphatic carbocycles. The van der Waals surface area contributed by atoms with Crippen molar-refractivity contribution in [2.24, 2.45) is 5.92 Å². The van der Waals surface area contributed by atoms with Crippen LogP contribution in [-0.2, 0) is 9.53 Å². The first-order valence-corrected chi connectivity index (χ1v) is 8.66. The van der Waals surface area contributed by atoms with Crippen molar-refractivity contribution in [3.05, 3.63) is 0 Å². The Balaban J connectivity index is 1.85. The number of hydrogen-bond acceptors (Lipinski definition) is 4. The fourth-order valence-corrected chi connectivity index (χ4v) is 4.29. The van der Waals surface area contributed by atoms with Crippen LogP contribution in [0.15, 0.2) is 0 Å². The highest BCUT2D eigenvalue weighted by atomic mass is 32.2. The molecule has 2 aliphatic heterocycles. The summed E-state index contributed by atoms with van der Waals surface area (Å²) in [5.41, 5.74) is 0. The molecule has 0 aromatic rings. The standard InChI is InChI=1S/C14H24N2O4S/c1-2-3-12-16(11(9-21-12)13(17)18)14(19)15-6-4-10-5-7-20-8-10/h10-12H,2-9H2,1H3,(H,15,19)(H,17,18). The van der Waals surface area contributed by atoms with Crippen LogP contribution in [0.25, 0.3) is 0 Å². The maximum absolute atomic E-state index is 12.3. The van der Waals surface area contributed by atoms with Crippen LogP contribution < -0.4 is 5.32 Å². The minimum Gasteiger partial charge on any atom is -0.480 e. The summed E-state index contributed by atoms with van der Waals surface area (Å²) in [5.74, 6) is 0.0737. The first-order chi connectivity index (χ1) is 10.1. The number of hydrogen-bond donors (Lipinski definition) is 2. The minimum absolute atomic E-state index is 0.0223. The highest BCUT2D eigenvalue weighted by molar-refractivity contribution is 8.00. The van der Waals surface area contributed by atoms with Crippen LogP contribution in [0.2, 0.25) is 0 Å². The molecule has 2 fully saturated rings. The maximum atomic E-state index is 12.3. The van der Waals surface area contributed by atoms with Crippen LogP contribution in [0.3, 0.4) is 0 Å². The van der Waals surface area contributed by atoms with Crippen molar-refractivity contribution < 1.29 is 19.4 Å². The molecule has 6 nitrogen and oxygen atoms in total. The van der Waals surface area contributed by atoms with E-state index in [1.54, 1.807) is 11.8 Å². The molecule has 2 saturated heterocycles. The molecule has 2 N–H and O–H groups in total. The summed E-state index contributed by atoms with van der Waals surface area (Å²) in [7, 11) is 0. The summed E-state index contributed by atoms with van der Waals surface area (Å²) >= 11 is 1.56. The molecule has 0 spiro atoms. The number of amides is 2. The SMILES string of the molecule is CCCC1SCC(C(=O)O)N1C(=O)NCCC1CCOC1. The Labute approximate surface area is 129 Å². The van der Waals surface area contributed by atoms with Gasteiger partial charge in [-0.3, -0.25) is 4.90 Å². The van der Waals surface area contributed by atoms with E-state index in [-0.39, 0.29) is 11.4 Å². The van der Waals surface area contributed by atoms with E-state index in [4.69, 9.17) is 4.74 Å². The predicted octanol–water partition coefficient (Wildman–Crippen LogP) is 1.75. The summed E-state index contributed by atoms with van der Waals surface area (Å²) in [6.07, 6.45) is 3.71. The zero-order valence-electron chi connectivity index (χ0n) is 12.4. The van der Waals surface area contributed by atoms with Gasteiger partial charge in [0, 0.05) is 25.5 Å². The van der Waals surface area contributed by atoms with E-state index in [1.807, 2.05) is 6.92 Å². The number of nitrogens with zero attached hydrogens (tertiary/aromatic N) is 1. The molecule has 0 saturated carbocycles. The van der Waals surface area contributed by atoms with Gasteiger partial charge in [-0.25, -0.2) is 9.59 Å². The Kier molecular flexibility index (Phi) is 6.17. The van der Waals surface area contributed by atoms with Crippen molar-refractivity contribution in [1.29, 1.82) is 0 Å². The molecular weight excluding hydrogens is 292 g/mol. The van der Waals surface area contributed by atoms with Gasteiger partial charge in [0.2, 0.25) is 0 Å². The Hall–Kier alpha value is -0.950. The second-order valence-electron chi connectivity index (χ2n) is 5.59. The fourth-order valence-electron chi connectivity index (χ4n) is 2.78. The predicted molar refractivity (Wildman–Crippen MR) is 81.4 cm³/mol. The molecule has 0 radical (unpaired) electrons. The normalized spacial score (nSPS) is 28.8. The molecule has 7 heteroatoms. The molecule has 3 atom stereocenters. The Bertz CT molecular complexity index is 374. The largest absolute Gasteiger partial charge is 0.480 e. The van der Waals surface area contributed by atoms with Crippen LogP contribution in [0.1, 0.15) is 32.6 Å². The molecular formula is C14H24N2O4S. The Morgan fingerprint density at radius 1 is 1.43 bits per heavy atom. The van der Waals surface area contributed by atoms with Crippen molar-refractivity contribution in [1.82, 2.24) is 10.2 Å². The van der Waals surface area contributed by atoms with Crippen LogP contribution in [0.5, 0.6) is 0 Å². The zero-order valence-corrected chi connectivity index (χ0v) is 13.2. The van der Waals surface area contributed by atoms with E-state index < -0.39 is 12.0 Å². The smallest absolute Gasteiger partial charge is 0.327 e. The van der Waals surface area contributed by atoms with Crippen molar-refractivity contribution in [3.63, 3.8) is 0 Å². The number of thioether (sulfide) groups is 1. The molecule has 21 heavy (non-hydrogen) atoms. The highest BCUT2D eigenvalue weighted by Gasteiger charge is 2.41. The van der Waals surface area contributed by atoms with Crippen molar-refractivity contribution >= 4 is 23.8 Å². The summed E-state index contributed by atoms with van der Waals surface area (Å²) < 4.78 is 5.31. The first-order valence-electron chi connectivity index (χ1n) is 7.61. The molecule has 3 unspecified atom stereocenters. The fraction of sp³-hybridized carbons (Fsp3) is 0.857. The summed E-state index contributed by atoms with van der Waals surface area (Å²) in [5, 5.41) is 12.1. The van der Waals surface area contributed by atoms with Gasteiger partial charge in [0.1, 0.15) is 6.04 Å². The topological polar surface area (TPSA) is 78.9 Å². The average Bonchev–Trinajstić information content (AvgIpc) is 3.08. The number of rotatable bonds is 6. The number of carbonyl (C=O) groups is 2. The number of aliphatic carboxylic acids is 1. The number of carboxylic acid groups (broad SMARTS) is 1. The number of nitrogens with one attached hydrogen (secondary N) is 1. The van der Waals surface area contributed by atoms with Gasteiger partial charge >= 0.3 is 12.0 Å². The van der Waals surface area contributed by atoms with Crippen LogP contribution in [0, 0.1) is 5.92 Å². The summed E-state index contributed by atoms with van der Waals surface area (Å²) in [4.78, 5) is 25.1. The number of carboxylic acids is 1. The van der Waals surface area contributed by atoms with Gasteiger partial charge in [0.05, 0.1) is 5.37 Å². The lowest BCUT2D eigenvalue weighted by molar-refractivity contribution is -0.141. The van der Waals surface area contributed by atoms with E-state index in [0.717, 1.165) is 38.9 Å². The van der Waals surface area contributed by atoms with Crippen LogP contribution in [-0.4, -0.2) is 58.9 Å². The van der Waals surface area contributed by atoms with Crippen LogP contribution >= 0.6 is 11.8 Å². The Morgan fingerprint density at radius 3 is 2.86 bits per heavy atom. The lowest BCUT2D eigenvalue weighted by Gasteiger charge is -2.27. The zero-order chi connectivity index (χ0) is 15.2. The quantitative estimate of drug-likeness (QED) is 0.780. The number of urea groups is 1. The van der Waals surface area contributed by atoms with Gasteiger partial charge in [-0.15, -0.1) is 11.8 Å². The van der Waals surface area contributed by atoms with Crippen LogP contribution in [0.4, 0.5) is 4.79 Å². The molecule has 0 aromatic carbocycles. The monoisotopic (exact) mass is 316 g/mol. The van der Waals surface area contributed by atoms with Gasteiger partial charge in [-0.05, 0) is 25.2 Å². The van der Waals surface area contributed by atoms with E-state index in [0.29, 0.717) is 18.2 Å². The summed E-state index contributed by atoms with van der Waals surface area (Å²) in [6.45, 7) is 4.21. The van der Waals surface area contributed by atoms with E-state index in [9.17, 15) is 14.7 Å². The lowest BCUT2D eigenvalue weighted by Crippen LogP contribution is -2.50. The first kappa shape index (κ1) is 16.4. The molecule has 2 rings (SSSR count). The number of ether oxygens (including phenoxy) is 1. The third kappa shape index (κ3) is 4.26. The van der Waals surface area contributed by atoms with Gasteiger partial charge in [-0.2, -0.15) is 0 Å². The van der Waals surface area contributed by atoms with Crippen molar-refractivity contribution in [2.75, 3.05) is 25.5 Å². The average molecular weight is 316 g/mol. The van der Waals surface area contributed by atoms with Gasteiger partial charge < -0.3 is 15.2 Å². The second-order valence-corrected chi connectivity index (χ2v) is 6.80. The highest BCUT2D eigenvalue weighted by Crippen LogP contribution is 2.32. The molecule has 0 aromatic heterocycles. The Morgan fingerprint density at radius 2 is 2.24 bits per heavy atom. The van der Waals surface area contributed by atoms with E-state index in [1.165, 1.54) is 4.90 Å².